The molecule has 3 aromatic rings. The Morgan fingerprint density at radius 3 is 2.38 bits per heavy atom. The zero-order valence-corrected chi connectivity index (χ0v) is 21.5. The number of halogens is 6. The summed E-state index contributed by atoms with van der Waals surface area (Å²) in [5.74, 6) is -2.88. The number of aromatic nitrogens is 3. The molecule has 2 aromatic heterocycles. The van der Waals surface area contributed by atoms with E-state index in [1.807, 2.05) is 13.0 Å². The molecule has 0 amide bonds. The number of anilines is 1. The van der Waals surface area contributed by atoms with E-state index in [0.717, 1.165) is 48.4 Å². The first-order valence-corrected chi connectivity index (χ1v) is 12.9. The molecule has 2 aliphatic rings. The molecule has 1 saturated heterocycles. The van der Waals surface area contributed by atoms with Crippen molar-refractivity contribution in [1.82, 2.24) is 14.8 Å². The van der Waals surface area contributed by atoms with E-state index in [-0.39, 0.29) is 36.2 Å². The zero-order chi connectivity index (χ0) is 28.2. The van der Waals surface area contributed by atoms with Crippen LogP contribution >= 0.6 is 0 Å². The van der Waals surface area contributed by atoms with Gasteiger partial charge in [0.1, 0.15) is 11.6 Å². The smallest absolute Gasteiger partial charge is 0.349 e. The second-order valence-corrected chi connectivity index (χ2v) is 10.1. The number of alkyl halides is 5. The number of hydrogen-bond donors (Lipinski definition) is 0. The molecule has 0 spiro atoms. The Labute approximate surface area is 222 Å². The summed E-state index contributed by atoms with van der Waals surface area (Å²) >= 11 is 0. The molecule has 1 aliphatic heterocycles. The highest BCUT2D eigenvalue weighted by Crippen LogP contribution is 2.35. The van der Waals surface area contributed by atoms with Crippen molar-refractivity contribution in [2.24, 2.45) is 0 Å². The van der Waals surface area contributed by atoms with Crippen molar-refractivity contribution >= 4 is 5.82 Å². The van der Waals surface area contributed by atoms with E-state index in [0.29, 0.717) is 5.56 Å². The van der Waals surface area contributed by atoms with Crippen molar-refractivity contribution in [3.05, 3.63) is 87.2 Å². The Balaban J connectivity index is 0.000000379. The van der Waals surface area contributed by atoms with Gasteiger partial charge in [-0.2, -0.15) is 18.3 Å². The fraction of sp³-hybridized carbons (Fsp3) is 0.464. The van der Waals surface area contributed by atoms with Crippen LogP contribution in [0.2, 0.25) is 0 Å². The largest absolute Gasteiger partial charge is 0.418 e. The Bertz CT molecular complexity index is 1320. The normalized spacial score (nSPS) is 17.6. The molecule has 2 fully saturated rings. The van der Waals surface area contributed by atoms with Crippen molar-refractivity contribution < 1.29 is 26.3 Å². The molecule has 3 heterocycles. The molecule has 11 heteroatoms. The number of benzene rings is 1. The Hall–Kier alpha value is -3.37. The van der Waals surface area contributed by atoms with Gasteiger partial charge < -0.3 is 4.90 Å². The highest BCUT2D eigenvalue weighted by Gasteiger charge is 2.39. The lowest BCUT2D eigenvalue weighted by molar-refractivity contribution is -0.138. The Morgan fingerprint density at radius 2 is 1.79 bits per heavy atom. The molecule has 1 aliphatic carbocycles. The minimum atomic E-state index is -4.63. The van der Waals surface area contributed by atoms with Gasteiger partial charge >= 0.3 is 6.18 Å². The lowest BCUT2D eigenvalue weighted by atomic mass is 9.85. The maximum absolute atomic E-state index is 13.8. The van der Waals surface area contributed by atoms with Crippen LogP contribution in [0.1, 0.15) is 66.8 Å². The van der Waals surface area contributed by atoms with Crippen LogP contribution in [0, 0.1) is 12.7 Å². The van der Waals surface area contributed by atoms with Gasteiger partial charge in [-0.3, -0.25) is 9.78 Å². The monoisotopic (exact) mass is 552 g/mol. The van der Waals surface area contributed by atoms with Gasteiger partial charge in [-0.25, -0.2) is 17.9 Å². The van der Waals surface area contributed by atoms with E-state index >= 15 is 0 Å². The van der Waals surface area contributed by atoms with Crippen LogP contribution in [0.3, 0.4) is 0 Å². The van der Waals surface area contributed by atoms with Crippen LogP contribution in [0.25, 0.3) is 0 Å². The summed E-state index contributed by atoms with van der Waals surface area (Å²) < 4.78 is 80.8. The number of pyridine rings is 1. The second-order valence-electron chi connectivity index (χ2n) is 10.1. The average Bonchev–Trinajstić information content (AvgIpc) is 3.25. The van der Waals surface area contributed by atoms with Gasteiger partial charge in [0.2, 0.25) is 0 Å². The van der Waals surface area contributed by atoms with Crippen molar-refractivity contribution in [2.45, 2.75) is 70.0 Å². The van der Waals surface area contributed by atoms with Crippen molar-refractivity contribution in [2.75, 3.05) is 18.0 Å². The second kappa shape index (κ2) is 11.8. The summed E-state index contributed by atoms with van der Waals surface area (Å²) in [6.45, 7) is 0.925. The molecule has 5 nitrogen and oxygen atoms in total. The number of hydrogen-bond acceptors (Lipinski definition) is 4. The maximum atomic E-state index is 13.8. The summed E-state index contributed by atoms with van der Waals surface area (Å²) in [6.07, 6.45) is 0.786. The van der Waals surface area contributed by atoms with E-state index in [2.05, 4.69) is 10.1 Å². The highest BCUT2D eigenvalue weighted by molar-refractivity contribution is 5.43. The molecule has 0 atom stereocenters. The van der Waals surface area contributed by atoms with Gasteiger partial charge in [0.15, 0.2) is 0 Å². The predicted molar refractivity (Wildman–Crippen MR) is 136 cm³/mol. The van der Waals surface area contributed by atoms with Crippen molar-refractivity contribution in [3.63, 3.8) is 0 Å². The molecule has 5 rings (SSSR count). The topological polar surface area (TPSA) is 51.0 Å². The fourth-order valence-electron chi connectivity index (χ4n) is 5.02. The molecular formula is C28H30F6N4O. The molecule has 39 heavy (non-hydrogen) atoms. The van der Waals surface area contributed by atoms with Gasteiger partial charge in [0, 0.05) is 24.7 Å². The molecule has 1 saturated carbocycles. The molecule has 0 radical (unpaired) electrons. The van der Waals surface area contributed by atoms with Crippen LogP contribution < -0.4 is 10.5 Å². The number of aryl methyl sites for hydroxylation is 1. The molecular weight excluding hydrogens is 522 g/mol. The SMILES string of the molecule is Cc1cccc(F)c1.O=c1c(C2CCCCC2)cc(N2CCC(F)(F)C2)nn1Cc1ncccc1C(F)(F)F. The van der Waals surface area contributed by atoms with E-state index in [4.69, 9.17) is 0 Å². The molecule has 1 aromatic carbocycles. The Morgan fingerprint density at radius 1 is 1.05 bits per heavy atom. The molecule has 210 valence electrons. The van der Waals surface area contributed by atoms with Gasteiger partial charge in [-0.05, 0) is 61.6 Å². The van der Waals surface area contributed by atoms with Crippen molar-refractivity contribution in [3.8, 4) is 0 Å². The van der Waals surface area contributed by atoms with Gasteiger partial charge in [0.05, 0.1) is 24.3 Å². The van der Waals surface area contributed by atoms with Crippen LogP contribution in [-0.2, 0) is 12.7 Å². The first kappa shape index (κ1) is 28.6. The average molecular weight is 553 g/mol. The summed E-state index contributed by atoms with van der Waals surface area (Å²) in [4.78, 5) is 18.4. The minimum absolute atomic E-state index is 0.0526. The molecule has 0 unspecified atom stereocenters. The zero-order valence-electron chi connectivity index (χ0n) is 21.5. The number of rotatable bonds is 4. The van der Waals surface area contributed by atoms with Crippen LogP contribution in [-0.4, -0.2) is 33.8 Å². The minimum Gasteiger partial charge on any atom is -0.349 e. The first-order chi connectivity index (χ1) is 18.4. The summed E-state index contributed by atoms with van der Waals surface area (Å²) in [6, 6.07) is 10.1. The molecule has 0 N–H and O–H groups in total. The van der Waals surface area contributed by atoms with Crippen LogP contribution in [0.15, 0.2) is 53.5 Å². The van der Waals surface area contributed by atoms with E-state index in [9.17, 15) is 31.1 Å². The van der Waals surface area contributed by atoms with Gasteiger partial charge in [-0.1, -0.05) is 31.4 Å². The lowest BCUT2D eigenvalue weighted by Gasteiger charge is -2.25. The number of nitrogens with zero attached hydrogens (tertiary/aromatic N) is 4. The predicted octanol–water partition coefficient (Wildman–Crippen LogP) is 6.73. The summed E-state index contributed by atoms with van der Waals surface area (Å²) in [5.41, 5.74) is -0.362. The first-order valence-electron chi connectivity index (χ1n) is 12.9. The van der Waals surface area contributed by atoms with E-state index in [1.54, 1.807) is 12.1 Å². The molecule has 0 bridgehead atoms. The quantitative estimate of drug-likeness (QED) is 0.337. The highest BCUT2D eigenvalue weighted by atomic mass is 19.4. The third-order valence-corrected chi connectivity index (χ3v) is 7.00. The third kappa shape index (κ3) is 7.39. The fourth-order valence-corrected chi connectivity index (χ4v) is 5.02. The lowest BCUT2D eigenvalue weighted by Crippen LogP contribution is -2.33. The van der Waals surface area contributed by atoms with Crippen LogP contribution in [0.4, 0.5) is 32.2 Å². The van der Waals surface area contributed by atoms with Crippen LogP contribution in [0.5, 0.6) is 0 Å². The summed E-state index contributed by atoms with van der Waals surface area (Å²) in [7, 11) is 0. The van der Waals surface area contributed by atoms with Gasteiger partial charge in [-0.15, -0.1) is 0 Å². The van der Waals surface area contributed by atoms with Gasteiger partial charge in [0.25, 0.3) is 11.5 Å². The van der Waals surface area contributed by atoms with E-state index < -0.39 is 36.3 Å². The Kier molecular flexibility index (Phi) is 8.66. The third-order valence-electron chi connectivity index (χ3n) is 7.00. The summed E-state index contributed by atoms with van der Waals surface area (Å²) in [5, 5.41) is 4.18. The van der Waals surface area contributed by atoms with E-state index in [1.165, 1.54) is 29.3 Å². The maximum Gasteiger partial charge on any atom is 0.418 e. The van der Waals surface area contributed by atoms with Crippen molar-refractivity contribution in [1.29, 1.82) is 0 Å². The standard InChI is InChI=1S/C21H23F5N4O.C7H7F/c22-20(23)8-10-29(13-20)18-11-15(14-5-2-1-3-6-14)19(31)30(28-18)12-17-16(21(24,25)26)7-4-9-27-17;1-6-3-2-4-7(8)5-6/h4,7,9,11,14H,1-3,5-6,8,10,12-13H2;2-5H,1H3.